The van der Waals surface area contributed by atoms with Crippen molar-refractivity contribution in [1.29, 1.82) is 0 Å². The Morgan fingerprint density at radius 1 is 1.06 bits per heavy atom. The molecule has 3 aromatic rings. The first-order valence-corrected chi connectivity index (χ1v) is 13.7. The molecular weight excluding hydrogens is 464 g/mol. The zero-order valence-electron chi connectivity index (χ0n) is 20.2. The number of pyridine rings is 1. The Morgan fingerprint density at radius 2 is 1.83 bits per heavy atom. The topological polar surface area (TPSA) is 110 Å². The Bertz CT molecular complexity index is 1330. The van der Waals surface area contributed by atoms with Crippen LogP contribution in [0.1, 0.15) is 74.3 Å². The van der Waals surface area contributed by atoms with Gasteiger partial charge < -0.3 is 9.52 Å². The number of hydrogen-bond acceptors (Lipinski definition) is 6. The van der Waals surface area contributed by atoms with Crippen LogP contribution >= 0.6 is 0 Å². The maximum absolute atomic E-state index is 13.2. The van der Waals surface area contributed by atoms with Crippen molar-refractivity contribution in [3.8, 4) is 5.75 Å². The number of nitrogens with one attached hydrogen (secondary N) is 1. The molecule has 35 heavy (non-hydrogen) atoms. The number of aromatic nitrogens is 1. The molecule has 0 amide bonds. The van der Waals surface area contributed by atoms with Crippen molar-refractivity contribution in [3.63, 3.8) is 0 Å². The summed E-state index contributed by atoms with van der Waals surface area (Å²) in [5.74, 6) is 0.398. The second-order valence-corrected chi connectivity index (χ2v) is 11.2. The number of anilines is 1. The zero-order chi connectivity index (χ0) is 25.0. The SMILES string of the molecule is CC(C)CC(c1cccc(NS(=O)(=O)c2ccccn2)c1)c1c(O)c2c(oc1=O)CCCCCC2. The van der Waals surface area contributed by atoms with E-state index < -0.39 is 21.6 Å². The maximum atomic E-state index is 13.2. The molecule has 0 spiro atoms. The van der Waals surface area contributed by atoms with Crippen molar-refractivity contribution in [2.24, 2.45) is 5.92 Å². The molecule has 1 aliphatic rings. The van der Waals surface area contributed by atoms with Crippen LogP contribution in [0.2, 0.25) is 0 Å². The van der Waals surface area contributed by atoms with Gasteiger partial charge in [-0.05, 0) is 61.4 Å². The first-order valence-electron chi connectivity index (χ1n) is 12.2. The monoisotopic (exact) mass is 496 g/mol. The summed E-state index contributed by atoms with van der Waals surface area (Å²) in [6, 6.07) is 11.6. The first kappa shape index (κ1) is 25.0. The normalized spacial score (nSPS) is 15.2. The van der Waals surface area contributed by atoms with Crippen LogP contribution in [0.15, 0.2) is 62.9 Å². The van der Waals surface area contributed by atoms with Gasteiger partial charge in [-0.2, -0.15) is 8.42 Å². The fraction of sp³-hybridized carbons (Fsp3) is 0.407. The van der Waals surface area contributed by atoms with Gasteiger partial charge in [0.15, 0.2) is 5.03 Å². The molecule has 1 aromatic carbocycles. The molecule has 1 atom stereocenters. The summed E-state index contributed by atoms with van der Waals surface area (Å²) in [4.78, 5) is 17.1. The van der Waals surface area contributed by atoms with Gasteiger partial charge in [0.2, 0.25) is 0 Å². The second-order valence-electron chi connectivity index (χ2n) is 9.55. The molecule has 0 saturated carbocycles. The van der Waals surface area contributed by atoms with Crippen molar-refractivity contribution in [3.05, 3.63) is 81.5 Å². The van der Waals surface area contributed by atoms with Crippen molar-refractivity contribution in [2.75, 3.05) is 4.72 Å². The fourth-order valence-corrected chi connectivity index (χ4v) is 5.75. The van der Waals surface area contributed by atoms with E-state index >= 15 is 0 Å². The Hall–Kier alpha value is -3.13. The summed E-state index contributed by atoms with van der Waals surface area (Å²) in [5.41, 5.74) is 1.56. The molecule has 186 valence electrons. The minimum Gasteiger partial charge on any atom is -0.507 e. The molecule has 2 aromatic heterocycles. The third-order valence-electron chi connectivity index (χ3n) is 6.40. The molecule has 8 heteroatoms. The highest BCUT2D eigenvalue weighted by Gasteiger charge is 2.28. The van der Waals surface area contributed by atoms with Gasteiger partial charge in [-0.15, -0.1) is 0 Å². The van der Waals surface area contributed by atoms with Crippen LogP contribution in [0.4, 0.5) is 5.69 Å². The standard InChI is InChI=1S/C27H32N2O5S/c1-18(2)16-22(25-26(30)21-12-5-3-4-6-13-23(21)34-27(25)31)19-10-9-11-20(17-19)29-35(32,33)24-14-7-8-15-28-24/h7-11,14-15,17-18,22,29-30H,3-6,12-13,16H2,1-2H3. The van der Waals surface area contributed by atoms with E-state index in [1.165, 1.54) is 12.3 Å². The van der Waals surface area contributed by atoms with Gasteiger partial charge in [-0.1, -0.05) is 44.9 Å². The Kier molecular flexibility index (Phi) is 7.60. The largest absolute Gasteiger partial charge is 0.507 e. The second kappa shape index (κ2) is 10.6. The highest BCUT2D eigenvalue weighted by atomic mass is 32.2. The maximum Gasteiger partial charge on any atom is 0.343 e. The minimum absolute atomic E-state index is 0.0308. The van der Waals surface area contributed by atoms with E-state index in [1.54, 1.807) is 30.3 Å². The van der Waals surface area contributed by atoms with Crippen LogP contribution in [0.25, 0.3) is 0 Å². The summed E-state index contributed by atoms with van der Waals surface area (Å²) < 4.78 is 33.9. The highest BCUT2D eigenvalue weighted by molar-refractivity contribution is 7.92. The highest BCUT2D eigenvalue weighted by Crippen LogP contribution is 2.39. The van der Waals surface area contributed by atoms with Crippen LogP contribution in [-0.4, -0.2) is 18.5 Å². The van der Waals surface area contributed by atoms with Gasteiger partial charge in [0.25, 0.3) is 10.0 Å². The molecule has 4 rings (SSSR count). The lowest BCUT2D eigenvalue weighted by Gasteiger charge is -2.23. The van der Waals surface area contributed by atoms with Crippen molar-refractivity contribution in [2.45, 2.75) is 69.7 Å². The summed E-state index contributed by atoms with van der Waals surface area (Å²) in [6.45, 7) is 4.10. The van der Waals surface area contributed by atoms with Gasteiger partial charge in [0, 0.05) is 29.8 Å². The summed E-state index contributed by atoms with van der Waals surface area (Å²) >= 11 is 0. The van der Waals surface area contributed by atoms with Crippen LogP contribution in [0.3, 0.4) is 0 Å². The van der Waals surface area contributed by atoms with Crippen LogP contribution in [-0.2, 0) is 22.9 Å². The Morgan fingerprint density at radius 3 is 2.54 bits per heavy atom. The predicted molar refractivity (Wildman–Crippen MR) is 135 cm³/mol. The quantitative estimate of drug-likeness (QED) is 0.455. The molecule has 0 aliphatic heterocycles. The molecule has 0 fully saturated rings. The van der Waals surface area contributed by atoms with Crippen molar-refractivity contribution in [1.82, 2.24) is 4.98 Å². The van der Waals surface area contributed by atoms with Crippen LogP contribution in [0.5, 0.6) is 5.75 Å². The van der Waals surface area contributed by atoms with Crippen molar-refractivity contribution >= 4 is 15.7 Å². The molecule has 0 bridgehead atoms. The molecule has 2 heterocycles. The number of benzene rings is 1. The Labute approximate surface area is 206 Å². The lowest BCUT2D eigenvalue weighted by molar-refractivity contribution is 0.379. The Balaban J connectivity index is 1.75. The number of sulfonamides is 1. The predicted octanol–water partition coefficient (Wildman–Crippen LogP) is 5.38. The van der Waals surface area contributed by atoms with Gasteiger partial charge in [0.1, 0.15) is 11.5 Å². The zero-order valence-corrected chi connectivity index (χ0v) is 21.0. The van der Waals surface area contributed by atoms with Gasteiger partial charge >= 0.3 is 5.63 Å². The number of aryl methyl sites for hydroxylation is 1. The van der Waals surface area contributed by atoms with E-state index in [0.29, 0.717) is 30.7 Å². The van der Waals surface area contributed by atoms with E-state index in [9.17, 15) is 18.3 Å². The van der Waals surface area contributed by atoms with Gasteiger partial charge in [-0.3, -0.25) is 4.72 Å². The first-order chi connectivity index (χ1) is 16.8. The molecule has 2 N–H and O–H groups in total. The third kappa shape index (κ3) is 5.75. The third-order valence-corrected chi connectivity index (χ3v) is 7.70. The molecule has 7 nitrogen and oxygen atoms in total. The van der Waals surface area contributed by atoms with E-state index in [1.807, 2.05) is 19.9 Å². The average Bonchev–Trinajstić information content (AvgIpc) is 2.80. The number of hydrogen-bond donors (Lipinski definition) is 2. The van der Waals surface area contributed by atoms with E-state index in [-0.39, 0.29) is 22.3 Å². The van der Waals surface area contributed by atoms with Gasteiger partial charge in [0.05, 0.1) is 5.56 Å². The smallest absolute Gasteiger partial charge is 0.343 e. The summed E-state index contributed by atoms with van der Waals surface area (Å²) in [5, 5.41) is 11.2. The van der Waals surface area contributed by atoms with Gasteiger partial charge in [-0.25, -0.2) is 9.78 Å². The lowest BCUT2D eigenvalue weighted by Crippen LogP contribution is -2.19. The molecule has 0 saturated heterocycles. The van der Waals surface area contributed by atoms with E-state index in [2.05, 4.69) is 9.71 Å². The van der Waals surface area contributed by atoms with Crippen molar-refractivity contribution < 1.29 is 17.9 Å². The summed E-state index contributed by atoms with van der Waals surface area (Å²) in [6.07, 6.45) is 7.38. The molecule has 1 unspecified atom stereocenters. The number of rotatable bonds is 7. The summed E-state index contributed by atoms with van der Waals surface area (Å²) in [7, 11) is -3.87. The average molecular weight is 497 g/mol. The minimum atomic E-state index is -3.87. The van der Waals surface area contributed by atoms with E-state index in [4.69, 9.17) is 4.42 Å². The van der Waals surface area contributed by atoms with Crippen LogP contribution in [0, 0.1) is 5.92 Å². The number of nitrogens with zero attached hydrogens (tertiary/aromatic N) is 1. The number of fused-ring (bicyclic) bond motifs is 1. The fourth-order valence-electron chi connectivity index (χ4n) is 4.75. The number of aromatic hydroxyl groups is 1. The lowest BCUT2D eigenvalue weighted by atomic mass is 9.83. The molecular formula is C27H32N2O5S. The van der Waals surface area contributed by atoms with E-state index in [0.717, 1.165) is 36.8 Å². The van der Waals surface area contributed by atoms with Crippen LogP contribution < -0.4 is 10.3 Å². The molecule has 1 aliphatic carbocycles. The molecule has 0 radical (unpaired) electrons.